The Bertz CT molecular complexity index is 758. The molecule has 2 aromatic rings. The van der Waals surface area contributed by atoms with E-state index in [1.807, 2.05) is 0 Å². The van der Waals surface area contributed by atoms with Crippen LogP contribution < -0.4 is 10.2 Å². The molecule has 1 aromatic heterocycles. The lowest BCUT2D eigenvalue weighted by molar-refractivity contribution is -0.117. The number of rotatable bonds is 3. The fourth-order valence-corrected chi connectivity index (χ4v) is 3.23. The summed E-state index contributed by atoms with van der Waals surface area (Å²) in [5.74, 6) is -2.38. The second kappa shape index (κ2) is 6.04. The van der Waals surface area contributed by atoms with Gasteiger partial charge in [-0.3, -0.25) is 9.59 Å². The monoisotopic (exact) mass is 337 g/mol. The van der Waals surface area contributed by atoms with Crippen LogP contribution in [0.15, 0.2) is 23.6 Å². The van der Waals surface area contributed by atoms with Crippen molar-refractivity contribution in [2.75, 3.05) is 11.4 Å². The summed E-state index contributed by atoms with van der Waals surface area (Å²) < 4.78 is 31.6. The van der Waals surface area contributed by atoms with E-state index in [0.717, 1.165) is 17.0 Å². The number of hydrogen-bond acceptors (Lipinski definition) is 4. The maximum atomic E-state index is 13.8. The number of halogens is 2. The molecule has 1 atom stereocenters. The molecule has 2 heterocycles. The Morgan fingerprint density at radius 1 is 1.39 bits per heavy atom. The molecule has 0 aliphatic carbocycles. The fraction of sp³-hybridized carbons (Fsp3) is 0.267. The number of nitrogens with zero attached hydrogens (tertiary/aromatic N) is 2. The molecule has 1 fully saturated rings. The molecule has 1 aromatic carbocycles. The number of carbonyl (C=O) groups excluding carboxylic acids is 2. The first-order valence-corrected chi connectivity index (χ1v) is 7.77. The zero-order valence-corrected chi connectivity index (χ0v) is 13.0. The number of carbonyl (C=O) groups is 2. The van der Waals surface area contributed by atoms with Crippen molar-refractivity contribution in [1.82, 2.24) is 9.69 Å². The summed E-state index contributed by atoms with van der Waals surface area (Å²) in [5, 5.41) is 4.33. The van der Waals surface area contributed by atoms with Gasteiger partial charge in [0.2, 0.25) is 5.91 Å². The minimum atomic E-state index is -0.803. The van der Waals surface area contributed by atoms with Gasteiger partial charge in [-0.1, -0.05) is 6.07 Å². The van der Waals surface area contributed by atoms with Crippen LogP contribution in [0.4, 0.5) is 14.5 Å². The largest absolute Gasteiger partial charge is 0.347 e. The molecule has 0 saturated carbocycles. The molecule has 0 radical (unpaired) electrons. The third-order valence-corrected chi connectivity index (χ3v) is 4.38. The molecule has 1 aliphatic heterocycles. The SMILES string of the molecule is Cc1nscc1C(=O)N[C@@H]1CC(=O)N(c2c(F)cccc2F)C1. The molecular formula is C15H13F2N3O2S. The van der Waals surface area contributed by atoms with Gasteiger partial charge in [-0.05, 0) is 30.6 Å². The van der Waals surface area contributed by atoms with Crippen molar-refractivity contribution >= 4 is 29.0 Å². The predicted molar refractivity (Wildman–Crippen MR) is 81.4 cm³/mol. The van der Waals surface area contributed by atoms with E-state index in [0.29, 0.717) is 11.3 Å². The van der Waals surface area contributed by atoms with E-state index in [-0.39, 0.29) is 24.6 Å². The van der Waals surface area contributed by atoms with Crippen LogP contribution in [0, 0.1) is 18.6 Å². The Morgan fingerprint density at radius 3 is 2.70 bits per heavy atom. The molecular weight excluding hydrogens is 324 g/mol. The number of benzene rings is 1. The second-order valence-electron chi connectivity index (χ2n) is 5.26. The van der Waals surface area contributed by atoms with Gasteiger partial charge in [0, 0.05) is 18.3 Å². The molecule has 2 amide bonds. The highest BCUT2D eigenvalue weighted by Crippen LogP contribution is 2.27. The van der Waals surface area contributed by atoms with Crippen molar-refractivity contribution < 1.29 is 18.4 Å². The number of nitrogens with one attached hydrogen (secondary N) is 1. The summed E-state index contributed by atoms with van der Waals surface area (Å²) in [7, 11) is 0. The standard InChI is InChI=1S/C15H13F2N3O2S/c1-8-10(7-23-19-8)15(22)18-9-5-13(21)20(6-9)14-11(16)3-2-4-12(14)17/h2-4,7,9H,5-6H2,1H3,(H,18,22)/t9-/m1/s1. The topological polar surface area (TPSA) is 62.3 Å². The van der Waals surface area contributed by atoms with Crippen LogP contribution in [-0.4, -0.2) is 28.8 Å². The molecule has 23 heavy (non-hydrogen) atoms. The summed E-state index contributed by atoms with van der Waals surface area (Å²) in [6.45, 7) is 1.74. The van der Waals surface area contributed by atoms with Gasteiger partial charge in [0.05, 0.1) is 17.3 Å². The summed E-state index contributed by atoms with van der Waals surface area (Å²) >= 11 is 1.17. The predicted octanol–water partition coefficient (Wildman–Crippen LogP) is 2.27. The molecule has 1 aliphatic rings. The van der Waals surface area contributed by atoms with Crippen molar-refractivity contribution in [2.45, 2.75) is 19.4 Å². The van der Waals surface area contributed by atoms with Gasteiger partial charge in [-0.25, -0.2) is 8.78 Å². The summed E-state index contributed by atoms with van der Waals surface area (Å²) in [4.78, 5) is 25.2. The van der Waals surface area contributed by atoms with Crippen molar-refractivity contribution in [3.05, 3.63) is 46.5 Å². The number of amides is 2. The van der Waals surface area contributed by atoms with E-state index < -0.39 is 23.6 Å². The minimum Gasteiger partial charge on any atom is -0.347 e. The first kappa shape index (κ1) is 15.5. The van der Waals surface area contributed by atoms with Gasteiger partial charge in [0.25, 0.3) is 5.91 Å². The van der Waals surface area contributed by atoms with Crippen LogP contribution in [-0.2, 0) is 4.79 Å². The molecule has 120 valence electrons. The lowest BCUT2D eigenvalue weighted by Crippen LogP contribution is -2.37. The van der Waals surface area contributed by atoms with Crippen molar-refractivity contribution in [1.29, 1.82) is 0 Å². The third kappa shape index (κ3) is 2.94. The third-order valence-electron chi connectivity index (χ3n) is 3.66. The van der Waals surface area contributed by atoms with Crippen LogP contribution >= 0.6 is 11.5 Å². The Hall–Kier alpha value is -2.35. The number of hydrogen-bond donors (Lipinski definition) is 1. The number of para-hydroxylation sites is 1. The molecule has 0 unspecified atom stereocenters. The Morgan fingerprint density at radius 2 is 2.09 bits per heavy atom. The molecule has 0 spiro atoms. The zero-order valence-electron chi connectivity index (χ0n) is 12.2. The number of aryl methyl sites for hydroxylation is 1. The second-order valence-corrected chi connectivity index (χ2v) is 5.89. The van der Waals surface area contributed by atoms with Gasteiger partial charge < -0.3 is 10.2 Å². The van der Waals surface area contributed by atoms with Gasteiger partial charge in [-0.15, -0.1) is 0 Å². The Labute approximate surface area is 135 Å². The molecule has 0 bridgehead atoms. The van der Waals surface area contributed by atoms with Crippen LogP contribution in [0.5, 0.6) is 0 Å². The Balaban J connectivity index is 1.75. The normalized spacial score (nSPS) is 17.6. The minimum absolute atomic E-state index is 0.00384. The van der Waals surface area contributed by atoms with E-state index in [4.69, 9.17) is 0 Å². The van der Waals surface area contributed by atoms with E-state index in [9.17, 15) is 18.4 Å². The smallest absolute Gasteiger partial charge is 0.254 e. The van der Waals surface area contributed by atoms with Gasteiger partial charge in [0.1, 0.15) is 17.3 Å². The molecule has 1 N–H and O–H groups in total. The highest BCUT2D eigenvalue weighted by Gasteiger charge is 2.34. The van der Waals surface area contributed by atoms with Crippen LogP contribution in [0.3, 0.4) is 0 Å². The zero-order chi connectivity index (χ0) is 16.6. The molecule has 3 rings (SSSR count). The maximum absolute atomic E-state index is 13.8. The van der Waals surface area contributed by atoms with Crippen molar-refractivity contribution in [2.24, 2.45) is 0 Å². The van der Waals surface area contributed by atoms with Gasteiger partial charge in [-0.2, -0.15) is 4.37 Å². The van der Waals surface area contributed by atoms with E-state index in [1.165, 1.54) is 17.6 Å². The highest BCUT2D eigenvalue weighted by molar-refractivity contribution is 7.03. The van der Waals surface area contributed by atoms with Crippen molar-refractivity contribution in [3.63, 3.8) is 0 Å². The Kier molecular flexibility index (Phi) is 4.08. The maximum Gasteiger partial charge on any atom is 0.254 e. The quantitative estimate of drug-likeness (QED) is 0.934. The van der Waals surface area contributed by atoms with Crippen LogP contribution in [0.1, 0.15) is 22.5 Å². The van der Waals surface area contributed by atoms with Gasteiger partial charge in [0.15, 0.2) is 0 Å². The van der Waals surface area contributed by atoms with E-state index in [2.05, 4.69) is 9.69 Å². The summed E-state index contributed by atoms with van der Waals surface area (Å²) in [6, 6.07) is 2.92. The highest BCUT2D eigenvalue weighted by atomic mass is 32.1. The van der Waals surface area contributed by atoms with Crippen LogP contribution in [0.2, 0.25) is 0 Å². The summed E-state index contributed by atoms with van der Waals surface area (Å²) in [5.41, 5.74) is 0.675. The van der Waals surface area contributed by atoms with E-state index >= 15 is 0 Å². The molecule has 1 saturated heterocycles. The van der Waals surface area contributed by atoms with Gasteiger partial charge >= 0.3 is 0 Å². The van der Waals surface area contributed by atoms with Crippen molar-refractivity contribution in [3.8, 4) is 0 Å². The molecule has 8 heteroatoms. The first-order chi connectivity index (χ1) is 11.0. The lowest BCUT2D eigenvalue weighted by Gasteiger charge is -2.18. The summed E-state index contributed by atoms with van der Waals surface area (Å²) in [6.07, 6.45) is -0.00384. The number of aromatic nitrogens is 1. The lowest BCUT2D eigenvalue weighted by atomic mass is 10.2. The van der Waals surface area contributed by atoms with Crippen LogP contribution in [0.25, 0.3) is 0 Å². The average Bonchev–Trinajstić information content (AvgIpc) is 3.05. The van der Waals surface area contributed by atoms with E-state index in [1.54, 1.807) is 12.3 Å². The first-order valence-electron chi connectivity index (χ1n) is 6.93. The molecule has 5 nitrogen and oxygen atoms in total. The average molecular weight is 337 g/mol. The number of anilines is 1. The fourth-order valence-electron chi connectivity index (χ4n) is 2.54.